The van der Waals surface area contributed by atoms with Gasteiger partial charge < -0.3 is 5.32 Å². The van der Waals surface area contributed by atoms with E-state index in [1.54, 1.807) is 0 Å². The van der Waals surface area contributed by atoms with Crippen LogP contribution in [0.4, 0.5) is 5.82 Å². The van der Waals surface area contributed by atoms with Gasteiger partial charge in [-0.15, -0.1) is 0 Å². The van der Waals surface area contributed by atoms with Crippen LogP contribution in [0.2, 0.25) is 10.2 Å². The molecule has 6 heteroatoms. The van der Waals surface area contributed by atoms with Crippen LogP contribution in [0.1, 0.15) is 26.2 Å². The second-order valence-corrected chi connectivity index (χ2v) is 5.07. The first kappa shape index (κ1) is 12.6. The molecule has 2 rings (SSSR count). The largest absolute Gasteiger partial charge is 0.309 e. The zero-order valence-electron chi connectivity index (χ0n) is 9.41. The smallest absolute Gasteiger partial charge is 0.228 e. The van der Waals surface area contributed by atoms with Gasteiger partial charge in [0, 0.05) is 5.92 Å². The molecule has 1 amide bonds. The van der Waals surface area contributed by atoms with Crippen molar-refractivity contribution in [2.75, 3.05) is 5.32 Å². The lowest BCUT2D eigenvalue weighted by molar-refractivity contribution is -0.120. The van der Waals surface area contributed by atoms with Gasteiger partial charge in [-0.05, 0) is 18.8 Å². The first-order valence-corrected chi connectivity index (χ1v) is 6.32. The maximum absolute atomic E-state index is 12.0. The minimum absolute atomic E-state index is 0.0355. The highest BCUT2D eigenvalue weighted by molar-refractivity contribution is 6.42. The Hall–Kier alpha value is -0.870. The number of carbonyl (C=O) groups excluding carboxylic acids is 1. The van der Waals surface area contributed by atoms with Gasteiger partial charge in [-0.3, -0.25) is 4.79 Å². The fraction of sp³-hybridized carbons (Fsp3) is 0.545. The molecule has 1 fully saturated rings. The summed E-state index contributed by atoms with van der Waals surface area (Å²) < 4.78 is 0. The molecule has 1 aromatic heterocycles. The molecule has 0 aliphatic heterocycles. The van der Waals surface area contributed by atoms with Crippen LogP contribution in [0.5, 0.6) is 0 Å². The second kappa shape index (κ2) is 5.19. The van der Waals surface area contributed by atoms with E-state index in [2.05, 4.69) is 22.2 Å². The summed E-state index contributed by atoms with van der Waals surface area (Å²) in [5.74, 6) is 0.702. The molecule has 0 bridgehead atoms. The van der Waals surface area contributed by atoms with E-state index in [1.807, 2.05) is 0 Å². The molecule has 0 saturated heterocycles. The lowest BCUT2D eigenvalue weighted by Gasteiger charge is -2.15. The molecule has 1 N–H and O–H groups in total. The van der Waals surface area contributed by atoms with Gasteiger partial charge in [0.25, 0.3) is 0 Å². The third-order valence-electron chi connectivity index (χ3n) is 3.19. The Balaban J connectivity index is 2.10. The van der Waals surface area contributed by atoms with Crippen LogP contribution in [0.3, 0.4) is 0 Å². The normalized spacial score (nSPS) is 23.7. The van der Waals surface area contributed by atoms with Gasteiger partial charge in [-0.2, -0.15) is 0 Å². The van der Waals surface area contributed by atoms with Crippen molar-refractivity contribution in [3.63, 3.8) is 0 Å². The number of rotatable bonds is 2. The summed E-state index contributed by atoms with van der Waals surface area (Å²) >= 11 is 11.7. The Morgan fingerprint density at radius 2 is 2.18 bits per heavy atom. The minimum atomic E-state index is -0.0355. The van der Waals surface area contributed by atoms with Gasteiger partial charge >= 0.3 is 0 Å². The molecule has 2 unspecified atom stereocenters. The number of hydrogen-bond acceptors (Lipinski definition) is 3. The van der Waals surface area contributed by atoms with Gasteiger partial charge in [0.15, 0.2) is 11.0 Å². The molecule has 0 radical (unpaired) electrons. The minimum Gasteiger partial charge on any atom is -0.309 e. The molecule has 2 atom stereocenters. The van der Waals surface area contributed by atoms with Crippen molar-refractivity contribution in [1.82, 2.24) is 9.97 Å². The average molecular weight is 274 g/mol. The number of hydrogen-bond donors (Lipinski definition) is 1. The van der Waals surface area contributed by atoms with E-state index in [1.165, 1.54) is 6.33 Å². The van der Waals surface area contributed by atoms with Crippen LogP contribution in [-0.2, 0) is 4.79 Å². The molecule has 17 heavy (non-hydrogen) atoms. The zero-order chi connectivity index (χ0) is 12.4. The summed E-state index contributed by atoms with van der Waals surface area (Å²) in [4.78, 5) is 19.7. The van der Waals surface area contributed by atoms with Crippen molar-refractivity contribution in [3.8, 4) is 0 Å². The number of carbonyl (C=O) groups is 1. The summed E-state index contributed by atoms with van der Waals surface area (Å²) in [5.41, 5.74) is 0. The van der Waals surface area contributed by atoms with E-state index in [0.29, 0.717) is 5.92 Å². The van der Waals surface area contributed by atoms with Crippen LogP contribution in [-0.4, -0.2) is 15.9 Å². The molecule has 1 heterocycles. The maximum Gasteiger partial charge on any atom is 0.228 e. The van der Waals surface area contributed by atoms with E-state index in [4.69, 9.17) is 23.2 Å². The van der Waals surface area contributed by atoms with E-state index in [0.717, 1.165) is 19.3 Å². The monoisotopic (exact) mass is 273 g/mol. The van der Waals surface area contributed by atoms with Crippen LogP contribution >= 0.6 is 23.2 Å². The summed E-state index contributed by atoms with van der Waals surface area (Å²) in [5, 5.41) is 3.05. The Kier molecular flexibility index (Phi) is 3.84. The van der Waals surface area contributed by atoms with Crippen molar-refractivity contribution in [3.05, 3.63) is 16.5 Å². The second-order valence-electron chi connectivity index (χ2n) is 4.33. The lowest BCUT2D eigenvalue weighted by atomic mass is 9.97. The van der Waals surface area contributed by atoms with Crippen molar-refractivity contribution in [2.24, 2.45) is 11.8 Å². The van der Waals surface area contributed by atoms with Gasteiger partial charge in [-0.1, -0.05) is 36.5 Å². The summed E-state index contributed by atoms with van der Waals surface area (Å²) in [6.07, 6.45) is 4.39. The average Bonchev–Trinajstić information content (AvgIpc) is 2.71. The van der Waals surface area contributed by atoms with E-state index < -0.39 is 0 Å². The van der Waals surface area contributed by atoms with E-state index >= 15 is 0 Å². The SMILES string of the molecule is CC1CCCC1C(=O)Nc1ncnc(Cl)c1Cl. The molecule has 1 aromatic rings. The summed E-state index contributed by atoms with van der Waals surface area (Å²) in [6.45, 7) is 2.09. The van der Waals surface area contributed by atoms with Crippen molar-refractivity contribution < 1.29 is 4.79 Å². The quantitative estimate of drug-likeness (QED) is 0.843. The molecule has 0 spiro atoms. The first-order chi connectivity index (χ1) is 8.09. The highest BCUT2D eigenvalue weighted by Gasteiger charge is 2.30. The Labute approximate surface area is 110 Å². The fourth-order valence-corrected chi connectivity index (χ4v) is 2.46. The number of nitrogens with zero attached hydrogens (tertiary/aromatic N) is 2. The molecule has 1 saturated carbocycles. The third-order valence-corrected chi connectivity index (χ3v) is 3.93. The van der Waals surface area contributed by atoms with Gasteiger partial charge in [0.2, 0.25) is 5.91 Å². The standard InChI is InChI=1S/C11H13Cl2N3O/c1-6-3-2-4-7(6)11(17)16-10-8(12)9(13)14-5-15-10/h5-7H,2-4H2,1H3,(H,14,15,16,17). The predicted molar refractivity (Wildman–Crippen MR) is 67.2 cm³/mol. The van der Waals surface area contributed by atoms with Crippen molar-refractivity contribution in [2.45, 2.75) is 26.2 Å². The lowest BCUT2D eigenvalue weighted by Crippen LogP contribution is -2.25. The molecule has 0 aromatic carbocycles. The van der Waals surface area contributed by atoms with Crippen molar-refractivity contribution >= 4 is 34.9 Å². The topological polar surface area (TPSA) is 54.9 Å². The summed E-state index contributed by atoms with van der Waals surface area (Å²) in [7, 11) is 0. The highest BCUT2D eigenvalue weighted by Crippen LogP contribution is 2.33. The summed E-state index contributed by atoms with van der Waals surface area (Å²) in [6, 6.07) is 0. The van der Waals surface area contributed by atoms with E-state index in [9.17, 15) is 4.79 Å². The fourth-order valence-electron chi connectivity index (χ4n) is 2.18. The third kappa shape index (κ3) is 2.69. The molecular formula is C11H13Cl2N3O. The number of anilines is 1. The Bertz CT molecular complexity index is 439. The zero-order valence-corrected chi connectivity index (χ0v) is 10.9. The molecule has 92 valence electrons. The van der Waals surface area contributed by atoms with Crippen LogP contribution < -0.4 is 5.32 Å². The molecule has 1 aliphatic carbocycles. The Morgan fingerprint density at radius 1 is 1.41 bits per heavy atom. The van der Waals surface area contributed by atoms with Gasteiger partial charge in [0.1, 0.15) is 11.3 Å². The van der Waals surface area contributed by atoms with Crippen LogP contribution in [0.15, 0.2) is 6.33 Å². The van der Waals surface area contributed by atoms with Crippen molar-refractivity contribution in [1.29, 1.82) is 0 Å². The number of nitrogens with one attached hydrogen (secondary N) is 1. The molecule has 4 nitrogen and oxygen atoms in total. The van der Waals surface area contributed by atoms with Crippen LogP contribution in [0.25, 0.3) is 0 Å². The van der Waals surface area contributed by atoms with Crippen LogP contribution in [0, 0.1) is 11.8 Å². The van der Waals surface area contributed by atoms with Gasteiger partial charge in [-0.25, -0.2) is 9.97 Å². The highest BCUT2D eigenvalue weighted by atomic mass is 35.5. The van der Waals surface area contributed by atoms with Gasteiger partial charge in [0.05, 0.1) is 0 Å². The first-order valence-electron chi connectivity index (χ1n) is 5.56. The predicted octanol–water partition coefficient (Wildman–Crippen LogP) is 3.16. The number of aromatic nitrogens is 2. The number of halogens is 2. The molecule has 1 aliphatic rings. The Morgan fingerprint density at radius 3 is 2.82 bits per heavy atom. The number of amides is 1. The molecular weight excluding hydrogens is 261 g/mol. The van der Waals surface area contributed by atoms with E-state index in [-0.39, 0.29) is 27.8 Å². The maximum atomic E-state index is 12.0.